The van der Waals surface area contributed by atoms with Gasteiger partial charge in [0.2, 0.25) is 34.8 Å². The Bertz CT molecular complexity index is 1660. The zero-order valence-electron chi connectivity index (χ0n) is 19.6. The second-order valence-electron chi connectivity index (χ2n) is 7.89. The number of ether oxygens (including phenoxy) is 2. The van der Waals surface area contributed by atoms with Crippen molar-refractivity contribution in [1.29, 1.82) is 10.5 Å². The van der Waals surface area contributed by atoms with Crippen LogP contribution in [0.1, 0.15) is 11.1 Å². The summed E-state index contributed by atoms with van der Waals surface area (Å²) < 4.78 is 183. The SMILES string of the molecule is N#Cc1cc(F)c(Oc2c(F)c(F)c(-c3c(F)c(F)c(Oc4c(F)cc(C#N)cc4F)c(F)c3F)c(F)c2F)c(F)c1. The smallest absolute Gasteiger partial charge is 0.205 e. The summed E-state index contributed by atoms with van der Waals surface area (Å²) in [5, 5.41) is 17.4. The Morgan fingerprint density at radius 3 is 0.833 bits per heavy atom. The molecule has 0 aliphatic rings. The molecule has 0 atom stereocenters. The minimum Gasteiger partial charge on any atom is -0.445 e. The maximum absolute atomic E-state index is 14.8. The third kappa shape index (κ3) is 4.77. The van der Waals surface area contributed by atoms with E-state index in [0.717, 1.165) is 0 Å². The van der Waals surface area contributed by atoms with E-state index in [-0.39, 0.29) is 0 Å². The van der Waals surface area contributed by atoms with Gasteiger partial charge in [0.05, 0.1) is 34.4 Å². The molecule has 16 heteroatoms. The molecular weight excluding hydrogens is 600 g/mol. The van der Waals surface area contributed by atoms with E-state index < -0.39 is 115 Å². The van der Waals surface area contributed by atoms with Crippen LogP contribution >= 0.6 is 0 Å². The maximum Gasteiger partial charge on any atom is 0.205 e. The molecule has 0 N–H and O–H groups in total. The molecular formula is C26H4F12N2O2. The summed E-state index contributed by atoms with van der Waals surface area (Å²) in [6, 6.07) is 3.88. The van der Waals surface area contributed by atoms with E-state index in [1.54, 1.807) is 0 Å². The molecule has 0 saturated carbocycles. The number of rotatable bonds is 5. The van der Waals surface area contributed by atoms with E-state index in [9.17, 15) is 52.7 Å². The average Bonchev–Trinajstić information content (AvgIpc) is 2.95. The Labute approximate surface area is 224 Å². The third-order valence-electron chi connectivity index (χ3n) is 5.36. The van der Waals surface area contributed by atoms with Crippen molar-refractivity contribution in [3.05, 3.63) is 105 Å². The van der Waals surface area contributed by atoms with Gasteiger partial charge in [-0.2, -0.15) is 28.1 Å². The molecule has 0 bridgehead atoms. The number of hydrogen-bond acceptors (Lipinski definition) is 4. The van der Waals surface area contributed by atoms with Crippen molar-refractivity contribution >= 4 is 0 Å². The normalized spacial score (nSPS) is 10.8. The lowest BCUT2D eigenvalue weighted by Gasteiger charge is -2.17. The van der Waals surface area contributed by atoms with Crippen LogP contribution in [-0.2, 0) is 0 Å². The van der Waals surface area contributed by atoms with Gasteiger partial charge in [-0.05, 0) is 24.3 Å². The summed E-state index contributed by atoms with van der Waals surface area (Å²) in [6.07, 6.45) is 0. The summed E-state index contributed by atoms with van der Waals surface area (Å²) in [6.45, 7) is 0. The first-order chi connectivity index (χ1) is 19.7. The van der Waals surface area contributed by atoms with Gasteiger partial charge in [0.25, 0.3) is 0 Å². The molecule has 4 aromatic rings. The van der Waals surface area contributed by atoms with Gasteiger partial charge in [0.1, 0.15) is 0 Å². The minimum atomic E-state index is -2.77. The van der Waals surface area contributed by atoms with Crippen molar-refractivity contribution < 1.29 is 62.2 Å². The molecule has 42 heavy (non-hydrogen) atoms. The number of hydrogen-bond donors (Lipinski definition) is 0. The van der Waals surface area contributed by atoms with Gasteiger partial charge in [-0.25, -0.2) is 35.1 Å². The van der Waals surface area contributed by atoms with Crippen LogP contribution in [0.15, 0.2) is 24.3 Å². The molecule has 214 valence electrons. The molecule has 0 unspecified atom stereocenters. The Hall–Kier alpha value is -5.38. The van der Waals surface area contributed by atoms with Gasteiger partial charge in [0, 0.05) is 0 Å². The van der Waals surface area contributed by atoms with E-state index in [0.29, 0.717) is 24.3 Å². The van der Waals surface area contributed by atoms with Gasteiger partial charge in [-0.15, -0.1) is 0 Å². The highest BCUT2D eigenvalue weighted by atomic mass is 19.2. The van der Waals surface area contributed by atoms with Crippen LogP contribution in [0.4, 0.5) is 52.7 Å². The van der Waals surface area contributed by atoms with Gasteiger partial charge < -0.3 is 9.47 Å². The summed E-state index contributed by atoms with van der Waals surface area (Å²) >= 11 is 0. The highest BCUT2D eigenvalue weighted by Gasteiger charge is 2.36. The minimum absolute atomic E-state index is 0.310. The first kappa shape index (κ1) is 29.6. The summed E-state index contributed by atoms with van der Waals surface area (Å²) in [5.74, 6) is -36.7. The number of nitriles is 2. The molecule has 0 spiro atoms. The topological polar surface area (TPSA) is 66.0 Å². The second-order valence-corrected chi connectivity index (χ2v) is 7.89. The second kappa shape index (κ2) is 10.9. The maximum atomic E-state index is 14.8. The van der Waals surface area contributed by atoms with Crippen LogP contribution in [0, 0.1) is 92.5 Å². The van der Waals surface area contributed by atoms with Crippen molar-refractivity contribution in [1.82, 2.24) is 0 Å². The lowest BCUT2D eigenvalue weighted by molar-refractivity contribution is 0.337. The van der Waals surface area contributed by atoms with Crippen molar-refractivity contribution in [2.24, 2.45) is 0 Å². The molecule has 4 nitrogen and oxygen atoms in total. The van der Waals surface area contributed by atoms with Crippen LogP contribution < -0.4 is 9.47 Å². The molecule has 0 saturated heterocycles. The summed E-state index contributed by atoms with van der Waals surface area (Å²) in [4.78, 5) is 0. The van der Waals surface area contributed by atoms with Crippen molar-refractivity contribution in [3.8, 4) is 46.3 Å². The fourth-order valence-electron chi connectivity index (χ4n) is 3.49. The fourth-order valence-corrected chi connectivity index (χ4v) is 3.49. The third-order valence-corrected chi connectivity index (χ3v) is 5.36. The van der Waals surface area contributed by atoms with Crippen molar-refractivity contribution in [2.75, 3.05) is 0 Å². The van der Waals surface area contributed by atoms with Gasteiger partial charge in [-0.1, -0.05) is 0 Å². The fraction of sp³-hybridized carbons (Fsp3) is 0. The van der Waals surface area contributed by atoms with Gasteiger partial charge in [0.15, 0.2) is 58.0 Å². The first-order valence-electron chi connectivity index (χ1n) is 10.6. The summed E-state index contributed by atoms with van der Waals surface area (Å²) in [7, 11) is 0. The number of benzene rings is 4. The lowest BCUT2D eigenvalue weighted by atomic mass is 10.0. The largest absolute Gasteiger partial charge is 0.445 e. The molecule has 0 aromatic heterocycles. The van der Waals surface area contributed by atoms with E-state index in [2.05, 4.69) is 9.47 Å². The van der Waals surface area contributed by atoms with Crippen molar-refractivity contribution in [3.63, 3.8) is 0 Å². The highest BCUT2D eigenvalue weighted by Crippen LogP contribution is 2.44. The zero-order valence-corrected chi connectivity index (χ0v) is 19.6. The zero-order chi connectivity index (χ0) is 31.2. The molecule has 0 aliphatic heterocycles. The summed E-state index contributed by atoms with van der Waals surface area (Å²) in [5.41, 5.74) is -6.10. The molecule has 4 rings (SSSR count). The highest BCUT2D eigenvalue weighted by molar-refractivity contribution is 5.69. The van der Waals surface area contributed by atoms with Crippen LogP contribution in [0.25, 0.3) is 11.1 Å². The number of halogens is 12. The monoisotopic (exact) mass is 604 g/mol. The van der Waals surface area contributed by atoms with E-state index in [1.165, 1.54) is 12.1 Å². The molecule has 0 heterocycles. The Balaban J connectivity index is 1.88. The Morgan fingerprint density at radius 1 is 0.381 bits per heavy atom. The standard InChI is InChI=1S/C26H4F12N2O2/c27-9-1-7(5-39)2-10(28)23(9)41-25-19(35)15(31)13(16(32)20(25)36)14-17(33)21(37)26(22(38)18(14)34)42-24-11(29)3-8(6-40)4-12(24)30/h1-4H. The predicted molar refractivity (Wildman–Crippen MR) is 114 cm³/mol. The van der Waals surface area contributed by atoms with Crippen LogP contribution in [0.3, 0.4) is 0 Å². The average molecular weight is 604 g/mol. The predicted octanol–water partition coefficient (Wildman–Crippen LogP) is 8.35. The first-order valence-corrected chi connectivity index (χ1v) is 10.6. The lowest BCUT2D eigenvalue weighted by Crippen LogP contribution is -2.10. The van der Waals surface area contributed by atoms with Crippen LogP contribution in [0.5, 0.6) is 23.0 Å². The Morgan fingerprint density at radius 2 is 0.619 bits per heavy atom. The molecule has 0 amide bonds. The molecule has 0 radical (unpaired) electrons. The Kier molecular flexibility index (Phi) is 7.67. The van der Waals surface area contributed by atoms with Crippen LogP contribution in [-0.4, -0.2) is 0 Å². The molecule has 0 fully saturated rings. The molecule has 0 aliphatic carbocycles. The molecule has 4 aromatic carbocycles. The van der Waals surface area contributed by atoms with Gasteiger partial charge in [-0.3, -0.25) is 0 Å². The van der Waals surface area contributed by atoms with E-state index in [1.807, 2.05) is 0 Å². The van der Waals surface area contributed by atoms with Crippen molar-refractivity contribution in [2.45, 2.75) is 0 Å². The van der Waals surface area contributed by atoms with Crippen LogP contribution in [0.2, 0.25) is 0 Å². The quantitative estimate of drug-likeness (QED) is 0.170. The number of nitrogens with zero attached hydrogens (tertiary/aromatic N) is 2. The van der Waals surface area contributed by atoms with E-state index in [4.69, 9.17) is 10.5 Å². The van der Waals surface area contributed by atoms with Gasteiger partial charge >= 0.3 is 0 Å². The van der Waals surface area contributed by atoms with E-state index >= 15 is 0 Å².